The lowest BCUT2D eigenvalue weighted by atomic mass is 9.86. The van der Waals surface area contributed by atoms with Gasteiger partial charge in [-0.25, -0.2) is 9.93 Å². The van der Waals surface area contributed by atoms with Gasteiger partial charge in [0.1, 0.15) is 0 Å². The summed E-state index contributed by atoms with van der Waals surface area (Å²) in [5, 5.41) is 14.2. The Balaban J connectivity index is 2.86. The van der Waals surface area contributed by atoms with Gasteiger partial charge in [0.05, 0.1) is 6.10 Å². The molecular weight excluding hydrogens is 408 g/mol. The molecule has 0 saturated carbocycles. The summed E-state index contributed by atoms with van der Waals surface area (Å²) in [7, 11) is -9.60. The minimum Gasteiger partial charge on any atom is -0.445 e. The van der Waals surface area contributed by atoms with Crippen molar-refractivity contribution in [2.45, 2.75) is 25.0 Å². The number of benzene rings is 1. The van der Waals surface area contributed by atoms with E-state index in [1.54, 1.807) is 30.3 Å². The number of aliphatic hydroxyl groups excluding tert-OH is 1. The van der Waals surface area contributed by atoms with E-state index in [2.05, 4.69) is 18.5 Å². The highest BCUT2D eigenvalue weighted by Crippen LogP contribution is 2.16. The number of esters is 1. The molecule has 0 aliphatic heterocycles. The maximum Gasteiger partial charge on any atom is 0.360 e. The lowest BCUT2D eigenvalue weighted by molar-refractivity contribution is -0.157. The molecule has 0 spiro atoms. The number of ketones is 1. The van der Waals surface area contributed by atoms with Crippen molar-refractivity contribution in [3.8, 4) is 0 Å². The first kappa shape index (κ1) is 23.1. The maximum atomic E-state index is 12.4. The van der Waals surface area contributed by atoms with Gasteiger partial charge < -0.3 is 15.6 Å². The minimum atomic E-state index is -4.85. The summed E-state index contributed by atoms with van der Waals surface area (Å²) in [5.74, 6) is -4.06. The number of carbonyl (C=O) groups is 2. The largest absolute Gasteiger partial charge is 0.445 e. The van der Waals surface area contributed by atoms with E-state index in [0.717, 1.165) is 6.92 Å². The highest BCUT2D eigenvalue weighted by atomic mass is 32.2. The number of aliphatic hydroxyl groups is 1. The van der Waals surface area contributed by atoms with E-state index in [-0.39, 0.29) is 6.42 Å². The van der Waals surface area contributed by atoms with Crippen LogP contribution in [0.4, 0.5) is 0 Å². The van der Waals surface area contributed by atoms with E-state index in [9.17, 15) is 31.5 Å². The number of carbonyl (C=O) groups excluding carboxylic acids is 2. The summed E-state index contributed by atoms with van der Waals surface area (Å²) in [6.45, 7) is 1.04. The molecule has 14 heteroatoms. The molecule has 0 radical (unpaired) electrons. The molecule has 0 heterocycles. The van der Waals surface area contributed by atoms with Crippen LogP contribution < -0.4 is 10.9 Å². The van der Waals surface area contributed by atoms with Crippen LogP contribution in [-0.2, 0) is 49.8 Å². The molecular formula is C13H18N2O10S2. The van der Waals surface area contributed by atoms with Gasteiger partial charge in [-0.15, -0.1) is 0 Å². The van der Waals surface area contributed by atoms with Gasteiger partial charge in [-0.1, -0.05) is 39.0 Å². The van der Waals surface area contributed by atoms with E-state index >= 15 is 0 Å². The second-order valence-corrected chi connectivity index (χ2v) is 7.98. The summed E-state index contributed by atoms with van der Waals surface area (Å²) in [5.41, 5.74) is 3.60. The monoisotopic (exact) mass is 426 g/mol. The van der Waals surface area contributed by atoms with Gasteiger partial charge in [-0.2, -0.15) is 16.8 Å². The third-order valence-corrected chi connectivity index (χ3v) is 4.25. The van der Waals surface area contributed by atoms with Crippen LogP contribution >= 0.6 is 0 Å². The molecule has 1 aromatic carbocycles. The molecule has 0 aliphatic rings. The molecule has 0 aromatic heterocycles. The SMILES string of the molecule is CC(O)C(N)(C(=O)Cc1ccccc1)C(=O)OCS(=O)(=O)OOS(N)(=O)=O. The highest BCUT2D eigenvalue weighted by molar-refractivity contribution is 7.87. The van der Waals surface area contributed by atoms with Crippen molar-refractivity contribution in [3.63, 3.8) is 0 Å². The van der Waals surface area contributed by atoms with Gasteiger partial charge in [0.25, 0.3) is 0 Å². The fraction of sp³-hybridized carbons (Fsp3) is 0.385. The zero-order valence-corrected chi connectivity index (χ0v) is 15.6. The van der Waals surface area contributed by atoms with Crippen LogP contribution in [0.2, 0.25) is 0 Å². The second-order valence-electron chi connectivity index (χ2n) is 5.37. The Labute approximate surface area is 155 Å². The lowest BCUT2D eigenvalue weighted by Crippen LogP contribution is -2.63. The number of rotatable bonds is 10. The first-order chi connectivity index (χ1) is 12.3. The van der Waals surface area contributed by atoms with Crippen molar-refractivity contribution in [2.24, 2.45) is 10.9 Å². The van der Waals surface area contributed by atoms with E-state index in [4.69, 9.17) is 5.73 Å². The average molecular weight is 426 g/mol. The Kier molecular flexibility index (Phi) is 7.56. The molecule has 1 aromatic rings. The van der Waals surface area contributed by atoms with E-state index in [1.165, 1.54) is 0 Å². The molecule has 0 fully saturated rings. The van der Waals surface area contributed by atoms with Crippen molar-refractivity contribution >= 4 is 32.2 Å². The van der Waals surface area contributed by atoms with Gasteiger partial charge in [0.2, 0.25) is 5.94 Å². The second kappa shape index (κ2) is 8.83. The number of Topliss-reactive ketones (excluding diaryl/α,β-unsaturated/α-hetero) is 1. The third-order valence-electron chi connectivity index (χ3n) is 3.23. The molecule has 0 amide bonds. The first-order valence-electron chi connectivity index (χ1n) is 7.12. The fourth-order valence-electron chi connectivity index (χ4n) is 1.79. The van der Waals surface area contributed by atoms with Gasteiger partial charge in [0, 0.05) is 6.42 Å². The van der Waals surface area contributed by atoms with Crippen LogP contribution in [0.15, 0.2) is 30.3 Å². The summed E-state index contributed by atoms with van der Waals surface area (Å²) >= 11 is 0. The number of ether oxygens (including phenoxy) is 1. The Morgan fingerprint density at radius 2 is 1.70 bits per heavy atom. The Bertz CT molecular complexity index is 883. The maximum absolute atomic E-state index is 12.4. The zero-order valence-electron chi connectivity index (χ0n) is 14.0. The summed E-state index contributed by atoms with van der Waals surface area (Å²) < 4.78 is 55.2. The molecule has 27 heavy (non-hydrogen) atoms. The minimum absolute atomic E-state index is 0.338. The van der Waals surface area contributed by atoms with Crippen LogP contribution in [0.25, 0.3) is 0 Å². The first-order valence-corrected chi connectivity index (χ1v) is 10.2. The summed E-state index contributed by atoms with van der Waals surface area (Å²) in [4.78, 5) is 24.6. The zero-order chi connectivity index (χ0) is 20.9. The van der Waals surface area contributed by atoms with Crippen LogP contribution in [-0.4, -0.2) is 51.3 Å². The highest BCUT2D eigenvalue weighted by Gasteiger charge is 2.48. The van der Waals surface area contributed by atoms with Crippen molar-refractivity contribution in [1.82, 2.24) is 0 Å². The number of nitrogens with two attached hydrogens (primary N) is 2. The molecule has 0 aliphatic carbocycles. The van der Waals surface area contributed by atoms with Crippen LogP contribution in [0.1, 0.15) is 12.5 Å². The van der Waals surface area contributed by atoms with Crippen molar-refractivity contribution in [1.29, 1.82) is 0 Å². The summed E-state index contributed by atoms with van der Waals surface area (Å²) in [6.07, 6.45) is -2.07. The average Bonchev–Trinajstić information content (AvgIpc) is 2.57. The van der Waals surface area contributed by atoms with Gasteiger partial charge in [0.15, 0.2) is 11.3 Å². The van der Waals surface area contributed by atoms with E-state index in [1.807, 2.05) is 0 Å². The molecule has 0 saturated heterocycles. The molecule has 0 bridgehead atoms. The standard InChI is InChI=1S/C13H18N2O10S2/c1-9(16)13(14,11(17)7-10-5-3-2-4-6-10)12(18)23-8-26(19,20)24-25-27(15,21)22/h2-6,9,16H,7-8,14H2,1H3,(H2,15,21,22). The molecule has 5 N–H and O–H groups in total. The Morgan fingerprint density at radius 3 is 2.19 bits per heavy atom. The fourth-order valence-corrected chi connectivity index (χ4v) is 2.73. The van der Waals surface area contributed by atoms with Crippen LogP contribution in [0.5, 0.6) is 0 Å². The predicted octanol–water partition coefficient (Wildman–Crippen LogP) is -2.14. The number of hydrogen-bond acceptors (Lipinski definition) is 11. The number of hydrogen-bond donors (Lipinski definition) is 3. The smallest absolute Gasteiger partial charge is 0.360 e. The quantitative estimate of drug-likeness (QED) is 0.159. The molecule has 12 nitrogen and oxygen atoms in total. The van der Waals surface area contributed by atoms with E-state index < -0.39 is 49.8 Å². The lowest BCUT2D eigenvalue weighted by Gasteiger charge is -2.28. The van der Waals surface area contributed by atoms with Crippen molar-refractivity contribution in [3.05, 3.63) is 35.9 Å². The Hall–Kier alpha value is -1.94. The van der Waals surface area contributed by atoms with Crippen LogP contribution in [0, 0.1) is 0 Å². The molecule has 2 atom stereocenters. The normalized spacial score (nSPS) is 15.6. The van der Waals surface area contributed by atoms with Crippen LogP contribution in [0.3, 0.4) is 0 Å². The summed E-state index contributed by atoms with van der Waals surface area (Å²) in [6, 6.07) is 8.12. The predicted molar refractivity (Wildman–Crippen MR) is 88.9 cm³/mol. The topological polar surface area (TPSA) is 202 Å². The van der Waals surface area contributed by atoms with Gasteiger partial charge >= 0.3 is 26.4 Å². The molecule has 2 unspecified atom stereocenters. The van der Waals surface area contributed by atoms with Crippen molar-refractivity contribution in [2.75, 3.05) is 5.94 Å². The Morgan fingerprint density at radius 1 is 1.15 bits per heavy atom. The molecule has 1 rings (SSSR count). The third kappa shape index (κ3) is 6.94. The molecule has 152 valence electrons. The van der Waals surface area contributed by atoms with Gasteiger partial charge in [-0.05, 0) is 12.5 Å². The van der Waals surface area contributed by atoms with E-state index in [0.29, 0.717) is 5.56 Å². The van der Waals surface area contributed by atoms with Crippen molar-refractivity contribution < 1.29 is 44.9 Å². The van der Waals surface area contributed by atoms with Gasteiger partial charge in [-0.3, -0.25) is 4.79 Å².